The fourth-order valence-corrected chi connectivity index (χ4v) is 5.04. The Morgan fingerprint density at radius 2 is 1.88 bits per heavy atom. The monoisotopic (exact) mass is 425 g/mol. The molecular weight excluding hydrogens is 402 g/mol. The predicted molar refractivity (Wildman–Crippen MR) is 122 cm³/mol. The number of hydrazone groups is 1. The molecule has 32 heavy (non-hydrogen) atoms. The van der Waals surface area contributed by atoms with E-state index in [0.29, 0.717) is 6.42 Å². The topological polar surface area (TPSA) is 54.4 Å². The van der Waals surface area contributed by atoms with Crippen molar-refractivity contribution < 1.29 is 14.3 Å². The fourth-order valence-electron chi connectivity index (χ4n) is 5.04. The SMILES string of the molecule is COc1ccc(C2=NN3[C@H](C2)c2ccccc2O[C@@]32C(=O)N(C)c3ccc(C)cc32)cc1. The van der Waals surface area contributed by atoms with Gasteiger partial charge in [0.15, 0.2) is 0 Å². The van der Waals surface area contributed by atoms with Crippen molar-refractivity contribution in [2.45, 2.75) is 25.1 Å². The van der Waals surface area contributed by atoms with Crippen LogP contribution in [0, 0.1) is 6.92 Å². The van der Waals surface area contributed by atoms with Crippen LogP contribution in [-0.2, 0) is 10.5 Å². The van der Waals surface area contributed by atoms with E-state index in [1.807, 2.05) is 72.6 Å². The fraction of sp³-hybridized carbons (Fsp3) is 0.231. The maximum Gasteiger partial charge on any atom is 0.306 e. The van der Waals surface area contributed by atoms with Crippen molar-refractivity contribution in [1.29, 1.82) is 0 Å². The molecule has 6 heteroatoms. The molecule has 0 saturated heterocycles. The molecular formula is C26H23N3O3. The molecule has 3 aliphatic rings. The third kappa shape index (κ3) is 2.40. The Morgan fingerprint density at radius 3 is 2.66 bits per heavy atom. The highest BCUT2D eigenvalue weighted by Crippen LogP contribution is 2.55. The first-order valence-corrected chi connectivity index (χ1v) is 10.7. The van der Waals surface area contributed by atoms with E-state index in [2.05, 4.69) is 6.07 Å². The van der Waals surface area contributed by atoms with E-state index in [-0.39, 0.29) is 11.9 Å². The van der Waals surface area contributed by atoms with Gasteiger partial charge in [0.1, 0.15) is 11.5 Å². The zero-order valence-electron chi connectivity index (χ0n) is 18.2. The minimum atomic E-state index is -1.32. The highest BCUT2D eigenvalue weighted by atomic mass is 16.5. The van der Waals surface area contributed by atoms with Crippen LogP contribution >= 0.6 is 0 Å². The van der Waals surface area contributed by atoms with Gasteiger partial charge in [0.2, 0.25) is 0 Å². The summed E-state index contributed by atoms with van der Waals surface area (Å²) in [6, 6.07) is 21.8. The number of carbonyl (C=O) groups excluding carboxylic acids is 1. The molecule has 0 saturated carbocycles. The van der Waals surface area contributed by atoms with Crippen LogP contribution in [0.15, 0.2) is 71.8 Å². The first kappa shape index (κ1) is 18.9. The van der Waals surface area contributed by atoms with Gasteiger partial charge < -0.3 is 14.4 Å². The molecule has 3 aliphatic heterocycles. The molecule has 0 radical (unpaired) electrons. The van der Waals surface area contributed by atoms with Gasteiger partial charge in [0.05, 0.1) is 30.1 Å². The first-order chi connectivity index (χ1) is 15.5. The second-order valence-electron chi connectivity index (χ2n) is 8.51. The Morgan fingerprint density at radius 1 is 1.09 bits per heavy atom. The van der Waals surface area contributed by atoms with Crippen LogP contribution < -0.4 is 14.4 Å². The zero-order valence-corrected chi connectivity index (χ0v) is 18.2. The highest BCUT2D eigenvalue weighted by Gasteiger charge is 2.62. The highest BCUT2D eigenvalue weighted by molar-refractivity contribution is 6.08. The number of methoxy groups -OCH3 is 1. The summed E-state index contributed by atoms with van der Waals surface area (Å²) in [6.45, 7) is 2.03. The number of aryl methyl sites for hydroxylation is 1. The molecule has 1 amide bonds. The lowest BCUT2D eigenvalue weighted by Gasteiger charge is -2.44. The molecule has 0 unspecified atom stereocenters. The number of carbonyl (C=O) groups is 1. The molecule has 1 spiro atoms. The molecule has 160 valence electrons. The smallest absolute Gasteiger partial charge is 0.306 e. The van der Waals surface area contributed by atoms with Crippen LogP contribution in [0.2, 0.25) is 0 Å². The minimum Gasteiger partial charge on any atom is -0.497 e. The van der Waals surface area contributed by atoms with Crippen LogP contribution in [0.4, 0.5) is 5.69 Å². The second-order valence-corrected chi connectivity index (χ2v) is 8.51. The summed E-state index contributed by atoms with van der Waals surface area (Å²) >= 11 is 0. The molecule has 3 aromatic carbocycles. The Bertz CT molecular complexity index is 1280. The standard InChI is InChI=1S/C26H23N3O3/c1-16-8-13-22-20(14-16)26(25(30)28(22)2)29-23(19-6-4-5-7-24(19)32-26)15-21(27-29)17-9-11-18(31-3)12-10-17/h4-14,23H,15H2,1-3H3/t23-,26+/m1/s1. The quantitative estimate of drug-likeness (QED) is 0.612. The van der Waals surface area contributed by atoms with Gasteiger partial charge in [-0.1, -0.05) is 29.8 Å². The van der Waals surface area contributed by atoms with Crippen LogP contribution in [0.1, 0.15) is 34.7 Å². The number of amides is 1. The zero-order chi connectivity index (χ0) is 22.0. The molecule has 0 aromatic heterocycles. The molecule has 6 rings (SSSR count). The third-order valence-electron chi connectivity index (χ3n) is 6.66. The van der Waals surface area contributed by atoms with E-state index >= 15 is 0 Å². The van der Waals surface area contributed by atoms with Crippen molar-refractivity contribution in [2.75, 3.05) is 19.1 Å². The third-order valence-corrected chi connectivity index (χ3v) is 6.66. The molecule has 2 atom stereocenters. The Hall–Kier alpha value is -3.80. The number of ether oxygens (including phenoxy) is 2. The van der Waals surface area contributed by atoms with Crippen LogP contribution in [0.5, 0.6) is 11.5 Å². The van der Waals surface area contributed by atoms with Gasteiger partial charge in [-0.2, -0.15) is 5.10 Å². The summed E-state index contributed by atoms with van der Waals surface area (Å²) < 4.78 is 11.9. The summed E-state index contributed by atoms with van der Waals surface area (Å²) in [5.74, 6) is 1.40. The summed E-state index contributed by atoms with van der Waals surface area (Å²) in [5.41, 5.74) is 4.43. The predicted octanol–water partition coefficient (Wildman–Crippen LogP) is 4.38. The van der Waals surface area contributed by atoms with Crippen molar-refractivity contribution in [3.63, 3.8) is 0 Å². The summed E-state index contributed by atoms with van der Waals surface area (Å²) in [5, 5.41) is 6.91. The van der Waals surface area contributed by atoms with E-state index in [0.717, 1.165) is 45.2 Å². The summed E-state index contributed by atoms with van der Waals surface area (Å²) in [7, 11) is 3.45. The minimum absolute atomic E-state index is 0.0964. The van der Waals surface area contributed by atoms with Gasteiger partial charge in [-0.15, -0.1) is 0 Å². The van der Waals surface area contributed by atoms with Gasteiger partial charge in [0, 0.05) is 19.0 Å². The maximum absolute atomic E-state index is 13.8. The van der Waals surface area contributed by atoms with Crippen LogP contribution in [0.25, 0.3) is 0 Å². The molecule has 0 bridgehead atoms. The molecule has 0 fully saturated rings. The Labute approximate surface area is 186 Å². The Kier molecular flexibility index (Phi) is 3.90. The summed E-state index contributed by atoms with van der Waals surface area (Å²) in [6.07, 6.45) is 0.687. The molecule has 0 aliphatic carbocycles. The largest absolute Gasteiger partial charge is 0.497 e. The average molecular weight is 425 g/mol. The van der Waals surface area contributed by atoms with Gasteiger partial charge in [-0.3, -0.25) is 4.79 Å². The molecule has 3 aromatic rings. The number of hydrogen-bond donors (Lipinski definition) is 0. The maximum atomic E-state index is 13.8. The number of likely N-dealkylation sites (N-methyl/N-ethyl adjacent to an activating group) is 1. The lowest BCUT2D eigenvalue weighted by Crippen LogP contribution is -2.56. The Balaban J connectivity index is 1.56. The van der Waals surface area contributed by atoms with E-state index in [4.69, 9.17) is 14.6 Å². The van der Waals surface area contributed by atoms with Gasteiger partial charge in [0.25, 0.3) is 5.91 Å². The molecule has 0 N–H and O–H groups in total. The number of hydrogen-bond acceptors (Lipinski definition) is 5. The van der Waals surface area contributed by atoms with Crippen molar-refractivity contribution in [1.82, 2.24) is 5.01 Å². The number of fused-ring (bicyclic) bond motifs is 6. The van der Waals surface area contributed by atoms with E-state index in [1.165, 1.54) is 0 Å². The van der Waals surface area contributed by atoms with Crippen molar-refractivity contribution in [3.05, 3.63) is 89.0 Å². The van der Waals surface area contributed by atoms with E-state index in [1.54, 1.807) is 19.1 Å². The number of nitrogens with zero attached hydrogens (tertiary/aromatic N) is 3. The van der Waals surface area contributed by atoms with Crippen molar-refractivity contribution in [3.8, 4) is 11.5 Å². The van der Waals surface area contributed by atoms with E-state index < -0.39 is 5.72 Å². The lowest BCUT2D eigenvalue weighted by atomic mass is 9.92. The van der Waals surface area contributed by atoms with Crippen LogP contribution in [-0.4, -0.2) is 30.8 Å². The number of rotatable bonds is 2. The normalized spacial score (nSPS) is 22.9. The summed E-state index contributed by atoms with van der Waals surface area (Å²) in [4.78, 5) is 15.5. The number of para-hydroxylation sites is 1. The second kappa shape index (κ2) is 6.60. The van der Waals surface area contributed by atoms with Gasteiger partial charge >= 0.3 is 5.72 Å². The van der Waals surface area contributed by atoms with Gasteiger partial charge in [-0.05, 0) is 55.0 Å². The lowest BCUT2D eigenvalue weighted by molar-refractivity contribution is -0.163. The number of benzene rings is 3. The molecule has 6 nitrogen and oxygen atoms in total. The van der Waals surface area contributed by atoms with E-state index in [9.17, 15) is 4.79 Å². The first-order valence-electron chi connectivity index (χ1n) is 10.7. The van der Waals surface area contributed by atoms with Gasteiger partial charge in [-0.25, -0.2) is 5.01 Å². The average Bonchev–Trinajstić information content (AvgIpc) is 3.35. The van der Waals surface area contributed by atoms with Crippen molar-refractivity contribution >= 4 is 17.3 Å². The number of anilines is 1. The van der Waals surface area contributed by atoms with Crippen LogP contribution in [0.3, 0.4) is 0 Å². The van der Waals surface area contributed by atoms with Crippen molar-refractivity contribution in [2.24, 2.45) is 5.10 Å². The molecule has 3 heterocycles.